The van der Waals surface area contributed by atoms with Gasteiger partial charge in [0.2, 0.25) is 5.95 Å². The molecule has 7 nitrogen and oxygen atoms in total. The molecule has 1 saturated heterocycles. The predicted octanol–water partition coefficient (Wildman–Crippen LogP) is 2.91. The zero-order valence-electron chi connectivity index (χ0n) is 14.4. The van der Waals surface area contributed by atoms with E-state index in [0.29, 0.717) is 11.5 Å². The molecule has 1 fully saturated rings. The van der Waals surface area contributed by atoms with Crippen LogP contribution in [-0.2, 0) is 9.47 Å². The van der Waals surface area contributed by atoms with Crippen LogP contribution in [0.4, 0.5) is 17.5 Å². The zero-order valence-corrected chi connectivity index (χ0v) is 14.4. The summed E-state index contributed by atoms with van der Waals surface area (Å²) in [6.07, 6.45) is 2.44. The van der Waals surface area contributed by atoms with Crippen molar-refractivity contribution >= 4 is 23.4 Å². The molecule has 1 aliphatic rings. The number of hydrogen-bond donors (Lipinski definition) is 2. The lowest BCUT2D eigenvalue weighted by atomic mass is 10.2. The van der Waals surface area contributed by atoms with E-state index in [1.807, 2.05) is 13.0 Å². The lowest BCUT2D eigenvalue weighted by Gasteiger charge is -2.13. The first kappa shape index (κ1) is 17.2. The van der Waals surface area contributed by atoms with Gasteiger partial charge >= 0.3 is 5.97 Å². The van der Waals surface area contributed by atoms with Gasteiger partial charge in [-0.05, 0) is 44.0 Å². The second-order valence-corrected chi connectivity index (χ2v) is 5.93. The quantitative estimate of drug-likeness (QED) is 0.781. The van der Waals surface area contributed by atoms with Crippen molar-refractivity contribution in [3.05, 3.63) is 41.6 Å². The lowest BCUT2D eigenvalue weighted by Crippen LogP contribution is -2.19. The first-order chi connectivity index (χ1) is 12.1. The summed E-state index contributed by atoms with van der Waals surface area (Å²) < 4.78 is 10.3. The van der Waals surface area contributed by atoms with Gasteiger partial charge in [0.05, 0.1) is 18.8 Å². The Morgan fingerprint density at radius 1 is 1.32 bits per heavy atom. The standard InChI is InChI=1S/C18H22N4O3/c1-12-10-16(19-11-15-4-3-9-25-15)22-18(20-12)21-14-7-5-13(6-8-14)17(23)24-2/h5-8,10,15H,3-4,9,11H2,1-2H3,(H2,19,20,21,22). The normalized spacial score (nSPS) is 16.5. The Morgan fingerprint density at radius 3 is 2.80 bits per heavy atom. The molecule has 2 heterocycles. The number of hydrogen-bond acceptors (Lipinski definition) is 7. The molecule has 1 atom stereocenters. The summed E-state index contributed by atoms with van der Waals surface area (Å²) in [6, 6.07) is 8.87. The number of aromatic nitrogens is 2. The van der Waals surface area contributed by atoms with Gasteiger partial charge in [-0.1, -0.05) is 0 Å². The second kappa shape index (κ2) is 7.94. The number of anilines is 3. The summed E-state index contributed by atoms with van der Waals surface area (Å²) in [5, 5.41) is 6.46. The van der Waals surface area contributed by atoms with Gasteiger partial charge in [-0.3, -0.25) is 0 Å². The van der Waals surface area contributed by atoms with Crippen LogP contribution in [-0.4, -0.2) is 42.3 Å². The first-order valence-corrected chi connectivity index (χ1v) is 8.30. The highest BCUT2D eigenvalue weighted by Crippen LogP contribution is 2.18. The number of ether oxygens (including phenoxy) is 2. The third-order valence-corrected chi connectivity index (χ3v) is 3.95. The lowest BCUT2D eigenvalue weighted by molar-refractivity contribution is 0.0601. The fourth-order valence-electron chi connectivity index (χ4n) is 2.68. The number of nitrogens with one attached hydrogen (secondary N) is 2. The summed E-state index contributed by atoms with van der Waals surface area (Å²) in [4.78, 5) is 20.3. The predicted molar refractivity (Wildman–Crippen MR) is 95.3 cm³/mol. The number of esters is 1. The largest absolute Gasteiger partial charge is 0.465 e. The minimum Gasteiger partial charge on any atom is -0.465 e. The molecular weight excluding hydrogens is 320 g/mol. The van der Waals surface area contributed by atoms with E-state index in [-0.39, 0.29) is 12.1 Å². The fraction of sp³-hybridized carbons (Fsp3) is 0.389. The molecule has 1 unspecified atom stereocenters. The highest BCUT2D eigenvalue weighted by Gasteiger charge is 2.15. The molecule has 0 radical (unpaired) electrons. The molecule has 3 rings (SSSR count). The van der Waals surface area contributed by atoms with Crippen LogP contribution in [0.3, 0.4) is 0 Å². The molecule has 2 N–H and O–H groups in total. The Hall–Kier alpha value is -2.67. The van der Waals surface area contributed by atoms with E-state index in [1.165, 1.54) is 7.11 Å². The average molecular weight is 342 g/mol. The van der Waals surface area contributed by atoms with Crippen molar-refractivity contribution in [1.29, 1.82) is 0 Å². The van der Waals surface area contributed by atoms with E-state index >= 15 is 0 Å². The molecule has 1 aromatic heterocycles. The van der Waals surface area contributed by atoms with Gasteiger partial charge in [0.25, 0.3) is 0 Å². The summed E-state index contributed by atoms with van der Waals surface area (Å²) in [5.74, 6) is 0.899. The van der Waals surface area contributed by atoms with Crippen LogP contribution in [0, 0.1) is 6.92 Å². The molecule has 1 aliphatic heterocycles. The van der Waals surface area contributed by atoms with Crippen LogP contribution in [0.15, 0.2) is 30.3 Å². The van der Waals surface area contributed by atoms with Crippen molar-refractivity contribution < 1.29 is 14.3 Å². The van der Waals surface area contributed by atoms with E-state index < -0.39 is 0 Å². The maximum Gasteiger partial charge on any atom is 0.337 e. The molecule has 0 spiro atoms. The van der Waals surface area contributed by atoms with Crippen LogP contribution in [0.25, 0.3) is 0 Å². The highest BCUT2D eigenvalue weighted by atomic mass is 16.5. The molecular formula is C18H22N4O3. The van der Waals surface area contributed by atoms with Gasteiger partial charge in [-0.15, -0.1) is 0 Å². The fourth-order valence-corrected chi connectivity index (χ4v) is 2.68. The Balaban J connectivity index is 1.66. The van der Waals surface area contributed by atoms with Crippen LogP contribution < -0.4 is 10.6 Å². The van der Waals surface area contributed by atoms with Gasteiger partial charge in [0.15, 0.2) is 0 Å². The number of rotatable bonds is 6. The number of benzene rings is 1. The number of aryl methyl sites for hydroxylation is 1. The van der Waals surface area contributed by atoms with E-state index in [1.54, 1.807) is 24.3 Å². The summed E-state index contributed by atoms with van der Waals surface area (Å²) in [5.41, 5.74) is 2.15. The van der Waals surface area contributed by atoms with Gasteiger partial charge < -0.3 is 20.1 Å². The molecule has 1 aromatic carbocycles. The van der Waals surface area contributed by atoms with Gasteiger partial charge in [-0.25, -0.2) is 9.78 Å². The van der Waals surface area contributed by atoms with E-state index in [9.17, 15) is 4.79 Å². The van der Waals surface area contributed by atoms with Gasteiger partial charge in [-0.2, -0.15) is 4.98 Å². The molecule has 25 heavy (non-hydrogen) atoms. The number of carbonyl (C=O) groups is 1. The molecule has 0 aliphatic carbocycles. The minimum atomic E-state index is -0.362. The maximum absolute atomic E-state index is 11.5. The number of nitrogens with zero attached hydrogens (tertiary/aromatic N) is 2. The summed E-state index contributed by atoms with van der Waals surface area (Å²) >= 11 is 0. The second-order valence-electron chi connectivity index (χ2n) is 5.93. The molecule has 0 saturated carbocycles. The van der Waals surface area contributed by atoms with Gasteiger partial charge in [0, 0.05) is 30.6 Å². The van der Waals surface area contributed by atoms with E-state index in [2.05, 4.69) is 20.6 Å². The highest BCUT2D eigenvalue weighted by molar-refractivity contribution is 5.89. The summed E-state index contributed by atoms with van der Waals surface area (Å²) in [6.45, 7) is 3.50. The molecule has 0 amide bonds. The molecule has 2 aromatic rings. The van der Waals surface area contributed by atoms with Crippen molar-refractivity contribution in [3.8, 4) is 0 Å². The van der Waals surface area contributed by atoms with Gasteiger partial charge in [0.1, 0.15) is 5.82 Å². The van der Waals surface area contributed by atoms with E-state index in [0.717, 1.165) is 43.2 Å². The molecule has 132 valence electrons. The Morgan fingerprint density at radius 2 is 2.12 bits per heavy atom. The Bertz CT molecular complexity index is 728. The van der Waals surface area contributed by atoms with Crippen molar-refractivity contribution in [2.45, 2.75) is 25.9 Å². The van der Waals surface area contributed by atoms with Crippen LogP contribution in [0.1, 0.15) is 28.9 Å². The number of methoxy groups -OCH3 is 1. The topological polar surface area (TPSA) is 85.4 Å². The van der Waals surface area contributed by atoms with Crippen LogP contribution >= 0.6 is 0 Å². The van der Waals surface area contributed by atoms with E-state index in [4.69, 9.17) is 9.47 Å². The SMILES string of the molecule is COC(=O)c1ccc(Nc2nc(C)cc(NCC3CCCO3)n2)cc1. The maximum atomic E-state index is 11.5. The van der Waals surface area contributed by atoms with Crippen molar-refractivity contribution in [2.75, 3.05) is 30.9 Å². The van der Waals surface area contributed by atoms with Crippen LogP contribution in [0.2, 0.25) is 0 Å². The zero-order chi connectivity index (χ0) is 17.6. The van der Waals surface area contributed by atoms with Crippen LogP contribution in [0.5, 0.6) is 0 Å². The Labute approximate surface area is 146 Å². The minimum absolute atomic E-state index is 0.248. The first-order valence-electron chi connectivity index (χ1n) is 8.30. The van der Waals surface area contributed by atoms with Crippen molar-refractivity contribution in [2.24, 2.45) is 0 Å². The Kier molecular flexibility index (Phi) is 5.45. The van der Waals surface area contributed by atoms with Crippen molar-refractivity contribution in [1.82, 2.24) is 9.97 Å². The molecule has 7 heteroatoms. The summed E-state index contributed by atoms with van der Waals surface area (Å²) in [7, 11) is 1.36. The average Bonchev–Trinajstić information content (AvgIpc) is 3.13. The van der Waals surface area contributed by atoms with Crippen molar-refractivity contribution in [3.63, 3.8) is 0 Å². The number of carbonyl (C=O) groups excluding carboxylic acids is 1. The molecule has 0 bridgehead atoms. The third kappa shape index (κ3) is 4.67. The smallest absolute Gasteiger partial charge is 0.337 e. The third-order valence-electron chi connectivity index (χ3n) is 3.95. The monoisotopic (exact) mass is 342 g/mol.